The first-order valence-electron chi connectivity index (χ1n) is 31.4. The average Bonchev–Trinajstić information content (AvgIpc) is 1.46. The Bertz CT molecular complexity index is 4680. The number of imidazole rings is 1. The van der Waals surface area contributed by atoms with E-state index in [1.807, 2.05) is 36.7 Å². The van der Waals surface area contributed by atoms with Crippen molar-refractivity contribution in [2.24, 2.45) is 0 Å². The van der Waals surface area contributed by atoms with Crippen LogP contribution < -0.4 is 0 Å². The van der Waals surface area contributed by atoms with Gasteiger partial charge in [-0.3, -0.25) is 9.83 Å². The number of benzene rings is 8. The standard InChI is InChI=1S/C83H75N6.Ir/c1-80(2,3)58-29-34-64(71(46-58)66-31-27-52(40-57(66)50-84)74-48-60(36-38-86-74)82(7,8)9)55-41-54(63-21-15-14-20-62(63)51-26-33-69-70(44-51)68-22-16-18-24-77(68)89-78-25-19-17-23-73(78)88-79(69)89)42-56(43-55)65-35-30-59(81(4,5)6)47-72(65)67-32-28-53(45-76(67)85-13)75-49-61(37-39-87-75)83(10,11)12;/h14-26,29-32,34-40,44-49,54-56H,41-43H2,1-12H3;/q-3;+3. The molecule has 1 aliphatic carbocycles. The van der Waals surface area contributed by atoms with Crippen LogP contribution in [0.1, 0.15) is 165 Å². The molecule has 0 saturated heterocycles. The van der Waals surface area contributed by atoms with Gasteiger partial charge in [0.2, 0.25) is 0 Å². The minimum absolute atomic E-state index is 0. The molecule has 0 amide bonds. The number of pyridine rings is 3. The number of nitrogens with zero attached hydrogens (tertiary/aromatic N) is 6. The molecule has 0 radical (unpaired) electrons. The minimum Gasteiger partial charge on any atom is -0.333 e. The van der Waals surface area contributed by atoms with Gasteiger partial charge in [0.25, 0.3) is 0 Å². The van der Waals surface area contributed by atoms with Gasteiger partial charge in [-0.25, -0.2) is 0 Å². The van der Waals surface area contributed by atoms with Gasteiger partial charge in [-0.15, -0.1) is 71.1 Å². The maximum Gasteiger partial charge on any atom is 3.00 e. The Morgan fingerprint density at radius 2 is 0.989 bits per heavy atom. The van der Waals surface area contributed by atoms with E-state index < -0.39 is 0 Å². The van der Waals surface area contributed by atoms with Crippen LogP contribution in [0.15, 0.2) is 182 Å². The second kappa shape index (κ2) is 23.5. The van der Waals surface area contributed by atoms with Crippen LogP contribution in [0.25, 0.3) is 99.1 Å². The van der Waals surface area contributed by atoms with Crippen molar-refractivity contribution in [1.82, 2.24) is 19.4 Å². The third kappa shape index (κ3) is 11.5. The van der Waals surface area contributed by atoms with Crippen molar-refractivity contribution < 1.29 is 20.1 Å². The van der Waals surface area contributed by atoms with Crippen LogP contribution in [0.4, 0.5) is 5.69 Å². The minimum atomic E-state index is -0.168. The summed E-state index contributed by atoms with van der Waals surface area (Å²) >= 11 is 0. The first-order valence-corrected chi connectivity index (χ1v) is 31.4. The van der Waals surface area contributed by atoms with Gasteiger partial charge in [0.15, 0.2) is 0 Å². The molecule has 0 spiro atoms. The molecule has 7 heteroatoms. The van der Waals surface area contributed by atoms with E-state index in [2.05, 4.69) is 262 Å². The van der Waals surface area contributed by atoms with E-state index in [9.17, 15) is 5.26 Å². The Kier molecular flexibility index (Phi) is 16.0. The topological polar surface area (TPSA) is 71.2 Å². The van der Waals surface area contributed by atoms with Crippen molar-refractivity contribution in [1.29, 1.82) is 5.26 Å². The largest absolute Gasteiger partial charge is 3.00 e. The van der Waals surface area contributed by atoms with Gasteiger partial charge in [0, 0.05) is 17.9 Å². The van der Waals surface area contributed by atoms with Crippen LogP contribution in [0.3, 0.4) is 0 Å². The fraction of sp³-hybridized carbons (Fsp3) is 0.265. The van der Waals surface area contributed by atoms with E-state index in [1.165, 1.54) is 44.5 Å². The van der Waals surface area contributed by atoms with Gasteiger partial charge in [0.1, 0.15) is 5.69 Å². The molecular formula is C83H75IrN6. The summed E-state index contributed by atoms with van der Waals surface area (Å²) in [6.45, 7) is 35.7. The van der Waals surface area contributed by atoms with Gasteiger partial charge >= 0.3 is 20.1 Å². The molecule has 90 heavy (non-hydrogen) atoms. The van der Waals surface area contributed by atoms with Gasteiger partial charge in [0.05, 0.1) is 29.3 Å². The molecule has 6 nitrogen and oxygen atoms in total. The maximum atomic E-state index is 11.3. The SMILES string of the molecule is [C-]#[N+]c1cc(-c2cc(C(C)(C)C)ccn2)[c-]cc1-c1cc(C(C)(C)C)ccc1C1CC(c2ccccc2-c2c[c-]c3c(c2)c2ccccc2n2c4ccccc4nc32)CC(c2ccc(C(C)(C)C)cc2-c2c[c-]c(-c3cc(C(C)(C)C)ccn3)cc2C#N)C1.[Ir+3]. The van der Waals surface area contributed by atoms with E-state index in [-0.39, 0.29) is 59.5 Å². The Morgan fingerprint density at radius 3 is 1.57 bits per heavy atom. The molecule has 1 saturated carbocycles. The van der Waals surface area contributed by atoms with E-state index in [1.54, 1.807) is 0 Å². The van der Waals surface area contributed by atoms with Crippen LogP contribution >= 0.6 is 0 Å². The Balaban J connectivity index is 0.00000785. The van der Waals surface area contributed by atoms with Gasteiger partial charge in [-0.2, -0.15) is 5.26 Å². The fourth-order valence-corrected chi connectivity index (χ4v) is 13.8. The summed E-state index contributed by atoms with van der Waals surface area (Å²) in [4.78, 5) is 19.2. The maximum absolute atomic E-state index is 11.3. The second-order valence-electron chi connectivity index (χ2n) is 28.8. The molecule has 4 aromatic heterocycles. The van der Waals surface area contributed by atoms with Gasteiger partial charge in [-0.05, 0) is 150 Å². The van der Waals surface area contributed by atoms with Crippen LogP contribution in [-0.4, -0.2) is 19.4 Å². The molecule has 0 aliphatic heterocycles. The number of fused-ring (bicyclic) bond motifs is 8. The second-order valence-corrected chi connectivity index (χ2v) is 28.8. The molecule has 4 heterocycles. The summed E-state index contributed by atoms with van der Waals surface area (Å²) in [7, 11) is 0. The number of para-hydroxylation sites is 3. The van der Waals surface area contributed by atoms with Gasteiger partial charge < -0.3 is 14.4 Å². The van der Waals surface area contributed by atoms with Crippen LogP contribution in [0.2, 0.25) is 0 Å². The first-order chi connectivity index (χ1) is 42.5. The molecule has 0 bridgehead atoms. The van der Waals surface area contributed by atoms with Crippen molar-refractivity contribution in [2.45, 2.75) is 142 Å². The summed E-state index contributed by atoms with van der Waals surface area (Å²) in [6.07, 6.45) is 6.33. The molecule has 13 rings (SSSR count). The molecule has 12 aromatic rings. The monoisotopic (exact) mass is 1350 g/mol. The molecular weight excluding hydrogens is 1270 g/mol. The Labute approximate surface area is 545 Å². The Morgan fingerprint density at radius 1 is 0.489 bits per heavy atom. The fourth-order valence-electron chi connectivity index (χ4n) is 13.8. The number of hydrogen-bond acceptors (Lipinski definition) is 4. The normalized spacial score (nSPS) is 15.6. The quantitative estimate of drug-likeness (QED) is 0.112. The zero-order chi connectivity index (χ0) is 62.3. The van der Waals surface area contributed by atoms with Crippen LogP contribution in [0, 0.1) is 36.1 Å². The van der Waals surface area contributed by atoms with E-state index in [0.29, 0.717) is 11.3 Å². The van der Waals surface area contributed by atoms with Crippen molar-refractivity contribution in [3.05, 3.63) is 256 Å². The summed E-state index contributed by atoms with van der Waals surface area (Å²) < 4.78 is 2.29. The van der Waals surface area contributed by atoms with E-state index in [4.69, 9.17) is 21.5 Å². The Hall–Kier alpha value is -8.84. The predicted molar refractivity (Wildman–Crippen MR) is 368 cm³/mol. The van der Waals surface area contributed by atoms with E-state index >= 15 is 0 Å². The molecule has 1 fully saturated rings. The third-order valence-corrected chi connectivity index (χ3v) is 18.8. The van der Waals surface area contributed by atoms with Crippen molar-refractivity contribution >= 4 is 44.0 Å². The zero-order valence-corrected chi connectivity index (χ0v) is 56.1. The predicted octanol–water partition coefficient (Wildman–Crippen LogP) is 21.8. The summed E-state index contributed by atoms with van der Waals surface area (Å²) in [5.41, 5.74) is 22.6. The molecule has 0 N–H and O–H groups in total. The summed E-state index contributed by atoms with van der Waals surface area (Å²) in [6, 6.07) is 75.0. The molecule has 1 aliphatic rings. The average molecular weight is 1350 g/mol. The zero-order valence-electron chi connectivity index (χ0n) is 53.7. The van der Waals surface area contributed by atoms with Crippen molar-refractivity contribution in [2.75, 3.05) is 0 Å². The number of nitriles is 1. The van der Waals surface area contributed by atoms with Crippen molar-refractivity contribution in [3.63, 3.8) is 0 Å². The molecule has 446 valence electrons. The van der Waals surface area contributed by atoms with E-state index in [0.717, 1.165) is 108 Å². The van der Waals surface area contributed by atoms with Gasteiger partial charge in [-0.1, -0.05) is 225 Å². The number of rotatable bonds is 8. The summed E-state index contributed by atoms with van der Waals surface area (Å²) in [5.74, 6) is 0.191. The first kappa shape index (κ1) is 61.4. The van der Waals surface area contributed by atoms with Crippen LogP contribution in [0.5, 0.6) is 0 Å². The molecule has 3 atom stereocenters. The number of hydrogen-bond donors (Lipinski definition) is 0. The smallest absolute Gasteiger partial charge is 0.333 e. The van der Waals surface area contributed by atoms with Crippen LogP contribution in [-0.2, 0) is 41.8 Å². The third-order valence-electron chi connectivity index (χ3n) is 18.8. The molecule has 3 unspecified atom stereocenters. The number of aromatic nitrogens is 4. The van der Waals surface area contributed by atoms with Crippen molar-refractivity contribution in [3.8, 4) is 62.0 Å². The molecule has 8 aromatic carbocycles. The summed E-state index contributed by atoms with van der Waals surface area (Å²) in [5, 5.41) is 14.5.